The van der Waals surface area contributed by atoms with Crippen LogP contribution in [0.5, 0.6) is 0 Å². The van der Waals surface area contributed by atoms with Gasteiger partial charge >= 0.3 is 0 Å². The van der Waals surface area contributed by atoms with E-state index in [0.29, 0.717) is 6.42 Å². The average Bonchev–Trinajstić information content (AvgIpc) is 1.83. The highest BCUT2D eigenvalue weighted by molar-refractivity contribution is 5.03. The van der Waals surface area contributed by atoms with Gasteiger partial charge in [-0.3, -0.25) is 0 Å². The lowest BCUT2D eigenvalue weighted by Crippen LogP contribution is -1.98. The van der Waals surface area contributed by atoms with Crippen molar-refractivity contribution in [2.45, 2.75) is 19.4 Å². The van der Waals surface area contributed by atoms with E-state index in [9.17, 15) is 0 Å². The average molecular weight is 114 g/mol. The van der Waals surface area contributed by atoms with E-state index < -0.39 is 6.10 Å². The van der Waals surface area contributed by atoms with E-state index in [1.807, 2.05) is 6.92 Å². The summed E-state index contributed by atoms with van der Waals surface area (Å²) in [4.78, 5) is 0. The fourth-order valence-corrected chi connectivity index (χ4v) is 0.266. The summed E-state index contributed by atoms with van der Waals surface area (Å²) in [5.41, 5.74) is 0. The molecule has 8 heavy (non-hydrogen) atoms. The molecule has 2 heteroatoms. The number of hydrogen-bond donors (Lipinski definition) is 2. The predicted molar refractivity (Wildman–Crippen MR) is 31.2 cm³/mol. The van der Waals surface area contributed by atoms with E-state index in [0.717, 1.165) is 0 Å². The molecule has 0 aliphatic carbocycles. The molecular weight excluding hydrogens is 104 g/mol. The first-order valence-electron chi connectivity index (χ1n) is 2.58. The van der Waals surface area contributed by atoms with E-state index in [1.54, 1.807) is 0 Å². The molecule has 1 unspecified atom stereocenters. The van der Waals surface area contributed by atoms with Crippen molar-refractivity contribution in [3.63, 3.8) is 0 Å². The Balaban J connectivity index is 3.35. The van der Waals surface area contributed by atoms with Gasteiger partial charge in [-0.2, -0.15) is 0 Å². The summed E-state index contributed by atoms with van der Waals surface area (Å²) >= 11 is 0. The summed E-state index contributed by atoms with van der Waals surface area (Å²) in [6, 6.07) is 0. The van der Waals surface area contributed by atoms with Gasteiger partial charge in [-0.1, -0.05) is 18.8 Å². The SMILES string of the molecule is CCC(O)C#CCO. The Labute approximate surface area is 49.2 Å². The highest BCUT2D eigenvalue weighted by Crippen LogP contribution is 1.83. The highest BCUT2D eigenvalue weighted by Gasteiger charge is 1.88. The summed E-state index contributed by atoms with van der Waals surface area (Å²) < 4.78 is 0. The van der Waals surface area contributed by atoms with Crippen LogP contribution in [0.2, 0.25) is 0 Å². The van der Waals surface area contributed by atoms with Gasteiger partial charge in [0.1, 0.15) is 12.7 Å². The van der Waals surface area contributed by atoms with E-state index in [-0.39, 0.29) is 6.61 Å². The number of aliphatic hydroxyl groups is 2. The van der Waals surface area contributed by atoms with E-state index in [1.165, 1.54) is 0 Å². The lowest BCUT2D eigenvalue weighted by molar-refractivity contribution is 0.228. The molecule has 0 aliphatic rings. The van der Waals surface area contributed by atoms with Crippen LogP contribution in [-0.2, 0) is 0 Å². The van der Waals surface area contributed by atoms with Crippen LogP contribution in [0, 0.1) is 11.8 Å². The van der Waals surface area contributed by atoms with E-state index >= 15 is 0 Å². The Morgan fingerprint density at radius 2 is 2.25 bits per heavy atom. The molecular formula is C6H10O2. The molecule has 0 saturated heterocycles. The Morgan fingerprint density at radius 1 is 1.62 bits per heavy atom. The zero-order chi connectivity index (χ0) is 6.41. The van der Waals surface area contributed by atoms with Crippen molar-refractivity contribution in [1.82, 2.24) is 0 Å². The van der Waals surface area contributed by atoms with Crippen LogP contribution >= 0.6 is 0 Å². The Bertz CT molecular complexity index is 98.8. The number of aliphatic hydroxyl groups excluding tert-OH is 2. The summed E-state index contributed by atoms with van der Waals surface area (Å²) in [7, 11) is 0. The van der Waals surface area contributed by atoms with Gasteiger partial charge in [0.2, 0.25) is 0 Å². The molecule has 0 spiro atoms. The van der Waals surface area contributed by atoms with Gasteiger partial charge in [-0.25, -0.2) is 0 Å². The third-order valence-electron chi connectivity index (χ3n) is 0.734. The van der Waals surface area contributed by atoms with Crippen molar-refractivity contribution >= 4 is 0 Å². The maximum absolute atomic E-state index is 8.70. The summed E-state index contributed by atoms with van der Waals surface area (Å²) in [5.74, 6) is 4.79. The fourth-order valence-electron chi connectivity index (χ4n) is 0.266. The van der Waals surface area contributed by atoms with E-state index in [2.05, 4.69) is 11.8 Å². The maximum atomic E-state index is 8.70. The normalized spacial score (nSPS) is 11.9. The molecule has 0 rings (SSSR count). The molecule has 0 aromatic heterocycles. The minimum absolute atomic E-state index is 0.170. The second kappa shape index (κ2) is 4.63. The van der Waals surface area contributed by atoms with Gasteiger partial charge in [0, 0.05) is 0 Å². The Kier molecular flexibility index (Phi) is 4.33. The fraction of sp³-hybridized carbons (Fsp3) is 0.667. The van der Waals surface area contributed by atoms with Crippen molar-refractivity contribution in [1.29, 1.82) is 0 Å². The first-order valence-corrected chi connectivity index (χ1v) is 2.58. The molecule has 0 saturated carbocycles. The molecule has 2 nitrogen and oxygen atoms in total. The van der Waals surface area contributed by atoms with Gasteiger partial charge in [0.05, 0.1) is 0 Å². The first kappa shape index (κ1) is 7.48. The van der Waals surface area contributed by atoms with Crippen LogP contribution in [0.4, 0.5) is 0 Å². The van der Waals surface area contributed by atoms with Gasteiger partial charge in [-0.05, 0) is 6.42 Å². The monoisotopic (exact) mass is 114 g/mol. The van der Waals surface area contributed by atoms with Crippen molar-refractivity contribution in [2.24, 2.45) is 0 Å². The zero-order valence-corrected chi connectivity index (χ0v) is 4.89. The Hall–Kier alpha value is -0.520. The quantitative estimate of drug-likeness (QED) is 0.461. The molecule has 46 valence electrons. The largest absolute Gasteiger partial charge is 0.384 e. The van der Waals surface area contributed by atoms with Gasteiger partial charge in [0.25, 0.3) is 0 Å². The van der Waals surface area contributed by atoms with Crippen LogP contribution in [0.1, 0.15) is 13.3 Å². The standard InChI is InChI=1S/C6H10O2/c1-2-6(8)4-3-5-7/h6-8H,2,5H2,1H3. The lowest BCUT2D eigenvalue weighted by atomic mass is 10.3. The predicted octanol–water partition coefficient (Wildman–Crippen LogP) is -0.247. The molecule has 2 N–H and O–H groups in total. The Morgan fingerprint density at radius 3 is 2.62 bits per heavy atom. The molecule has 0 heterocycles. The van der Waals surface area contributed by atoms with Gasteiger partial charge in [-0.15, -0.1) is 0 Å². The van der Waals surface area contributed by atoms with Gasteiger partial charge < -0.3 is 10.2 Å². The second-order valence-corrected chi connectivity index (χ2v) is 1.40. The van der Waals surface area contributed by atoms with Crippen LogP contribution in [-0.4, -0.2) is 22.9 Å². The lowest BCUT2D eigenvalue weighted by Gasteiger charge is -1.92. The molecule has 1 atom stereocenters. The van der Waals surface area contributed by atoms with Crippen molar-refractivity contribution < 1.29 is 10.2 Å². The van der Waals surface area contributed by atoms with Crippen molar-refractivity contribution in [3.8, 4) is 11.8 Å². The minimum atomic E-state index is -0.567. The molecule has 0 fully saturated rings. The summed E-state index contributed by atoms with van der Waals surface area (Å²) in [5, 5.41) is 16.8. The molecule has 0 bridgehead atoms. The number of rotatable bonds is 1. The first-order chi connectivity index (χ1) is 3.81. The third-order valence-corrected chi connectivity index (χ3v) is 0.734. The second-order valence-electron chi connectivity index (χ2n) is 1.40. The smallest absolute Gasteiger partial charge is 0.114 e. The molecule has 0 aliphatic heterocycles. The molecule has 0 aromatic carbocycles. The molecule has 0 amide bonds. The maximum Gasteiger partial charge on any atom is 0.114 e. The third kappa shape index (κ3) is 3.66. The van der Waals surface area contributed by atoms with Crippen molar-refractivity contribution in [3.05, 3.63) is 0 Å². The topological polar surface area (TPSA) is 40.5 Å². The summed E-state index contributed by atoms with van der Waals surface area (Å²) in [6.07, 6.45) is 0.0506. The van der Waals surface area contributed by atoms with Gasteiger partial charge in [0.15, 0.2) is 0 Å². The summed E-state index contributed by atoms with van der Waals surface area (Å²) in [6.45, 7) is 1.66. The molecule has 0 aromatic rings. The van der Waals surface area contributed by atoms with Crippen LogP contribution < -0.4 is 0 Å². The minimum Gasteiger partial charge on any atom is -0.384 e. The molecule has 0 radical (unpaired) electrons. The van der Waals surface area contributed by atoms with E-state index in [4.69, 9.17) is 10.2 Å². The van der Waals surface area contributed by atoms with Crippen molar-refractivity contribution in [2.75, 3.05) is 6.61 Å². The van der Waals surface area contributed by atoms with Crippen LogP contribution in [0.3, 0.4) is 0 Å². The van der Waals surface area contributed by atoms with Crippen LogP contribution in [0.15, 0.2) is 0 Å². The zero-order valence-electron chi connectivity index (χ0n) is 4.89. The van der Waals surface area contributed by atoms with Crippen LogP contribution in [0.25, 0.3) is 0 Å². The highest BCUT2D eigenvalue weighted by atomic mass is 16.3. The number of hydrogen-bond acceptors (Lipinski definition) is 2.